The minimum absolute atomic E-state index is 0.0907. The molecule has 9 heteroatoms. The number of nitrogens with one attached hydrogen (secondary N) is 3. The van der Waals surface area contributed by atoms with Gasteiger partial charge in [0, 0.05) is 45.1 Å². The van der Waals surface area contributed by atoms with Crippen LogP contribution in [0.2, 0.25) is 0 Å². The first-order valence-corrected chi connectivity index (χ1v) is 9.28. The Balaban J connectivity index is 2.38. The Bertz CT molecular complexity index is 557. The van der Waals surface area contributed by atoms with E-state index in [9.17, 15) is 13.2 Å². The maximum Gasteiger partial charge on any atom is 0.250 e. The van der Waals surface area contributed by atoms with Gasteiger partial charge in [0.1, 0.15) is 4.21 Å². The summed E-state index contributed by atoms with van der Waals surface area (Å²) in [7, 11) is -1.85. The largest absolute Gasteiger partial charge is 0.383 e. The van der Waals surface area contributed by atoms with Gasteiger partial charge in [0.05, 0.1) is 6.61 Å². The van der Waals surface area contributed by atoms with E-state index in [0.717, 1.165) is 4.88 Å². The van der Waals surface area contributed by atoms with Gasteiger partial charge in [0.2, 0.25) is 15.9 Å². The summed E-state index contributed by atoms with van der Waals surface area (Å²) in [4.78, 5) is 11.7. The predicted molar refractivity (Wildman–Crippen MR) is 86.6 cm³/mol. The fourth-order valence-electron chi connectivity index (χ4n) is 1.64. The van der Waals surface area contributed by atoms with Crippen LogP contribution in [0.25, 0.3) is 0 Å². The average Bonchev–Trinajstić information content (AvgIpc) is 2.92. The summed E-state index contributed by atoms with van der Waals surface area (Å²) in [5.41, 5.74) is 0. The molecule has 0 aromatic carbocycles. The summed E-state index contributed by atoms with van der Waals surface area (Å²) < 4.78 is 31.9. The topological polar surface area (TPSA) is 96.5 Å². The monoisotopic (exact) mass is 349 g/mol. The van der Waals surface area contributed by atoms with E-state index in [2.05, 4.69) is 15.4 Å². The van der Waals surface area contributed by atoms with Crippen LogP contribution >= 0.6 is 11.3 Å². The summed E-state index contributed by atoms with van der Waals surface area (Å²) in [6.45, 7) is 4.11. The number of rotatable bonds is 11. The Kier molecular flexibility index (Phi) is 8.57. The summed E-state index contributed by atoms with van der Waals surface area (Å²) in [6.07, 6.45) is 0.623. The second-order valence-corrected chi connectivity index (χ2v) is 7.76. The van der Waals surface area contributed by atoms with Crippen molar-refractivity contribution in [2.24, 2.45) is 0 Å². The molecule has 0 saturated heterocycles. The fourth-order valence-corrected chi connectivity index (χ4v) is 4.07. The Morgan fingerprint density at radius 3 is 2.68 bits per heavy atom. The van der Waals surface area contributed by atoms with Gasteiger partial charge in [-0.2, -0.15) is 0 Å². The zero-order valence-corrected chi connectivity index (χ0v) is 14.5. The first-order chi connectivity index (χ1) is 10.5. The van der Waals surface area contributed by atoms with E-state index in [-0.39, 0.29) is 5.91 Å². The summed E-state index contributed by atoms with van der Waals surface area (Å²) in [5, 5.41) is 5.75. The molecule has 1 rings (SSSR count). The lowest BCUT2D eigenvalue weighted by Gasteiger charge is -2.06. The van der Waals surface area contributed by atoms with Gasteiger partial charge in [0.25, 0.3) is 0 Å². The van der Waals surface area contributed by atoms with Gasteiger partial charge in [-0.3, -0.25) is 4.79 Å². The van der Waals surface area contributed by atoms with Crippen molar-refractivity contribution in [3.63, 3.8) is 0 Å². The number of methoxy groups -OCH3 is 1. The summed E-state index contributed by atoms with van der Waals surface area (Å²) in [6, 6.07) is 3.37. The molecule has 0 spiro atoms. The maximum atomic E-state index is 12.1. The molecular weight excluding hydrogens is 326 g/mol. The maximum absolute atomic E-state index is 12.1. The van der Waals surface area contributed by atoms with E-state index in [0.29, 0.717) is 43.4 Å². The van der Waals surface area contributed by atoms with E-state index in [1.54, 1.807) is 19.2 Å². The molecule has 22 heavy (non-hydrogen) atoms. The minimum Gasteiger partial charge on any atom is -0.383 e. The molecule has 1 aromatic heterocycles. The normalized spacial score (nSPS) is 11.5. The molecule has 3 N–H and O–H groups in total. The molecule has 0 aliphatic heterocycles. The highest BCUT2D eigenvalue weighted by molar-refractivity contribution is 7.91. The third-order valence-electron chi connectivity index (χ3n) is 2.72. The van der Waals surface area contributed by atoms with Crippen molar-refractivity contribution in [3.8, 4) is 0 Å². The zero-order valence-electron chi connectivity index (χ0n) is 12.8. The van der Waals surface area contributed by atoms with Gasteiger partial charge in [0.15, 0.2) is 0 Å². The van der Waals surface area contributed by atoms with E-state index < -0.39 is 10.0 Å². The average molecular weight is 349 g/mol. The van der Waals surface area contributed by atoms with Crippen molar-refractivity contribution in [1.82, 2.24) is 15.4 Å². The molecule has 0 bridgehead atoms. The fraction of sp³-hybridized carbons (Fsp3) is 0.615. The van der Waals surface area contributed by atoms with E-state index >= 15 is 0 Å². The molecular formula is C13H23N3O4S2. The molecule has 0 radical (unpaired) electrons. The van der Waals surface area contributed by atoms with Crippen LogP contribution in [-0.4, -0.2) is 54.2 Å². The van der Waals surface area contributed by atoms with E-state index in [1.165, 1.54) is 18.3 Å². The second-order valence-electron chi connectivity index (χ2n) is 4.59. The molecule has 7 nitrogen and oxygen atoms in total. The lowest BCUT2D eigenvalue weighted by molar-refractivity contribution is -0.118. The van der Waals surface area contributed by atoms with Crippen LogP contribution in [0.1, 0.15) is 11.8 Å². The predicted octanol–water partition coefficient (Wildman–Crippen LogP) is -0.0590. The molecule has 0 unspecified atom stereocenters. The molecule has 0 fully saturated rings. The van der Waals surface area contributed by atoms with Crippen molar-refractivity contribution in [2.75, 3.05) is 39.9 Å². The molecule has 1 aromatic rings. The number of ether oxygens (including phenoxy) is 1. The second kappa shape index (κ2) is 9.90. The molecule has 0 aliphatic carbocycles. The lowest BCUT2D eigenvalue weighted by Crippen LogP contribution is -2.32. The smallest absolute Gasteiger partial charge is 0.250 e. The van der Waals surface area contributed by atoms with Gasteiger partial charge < -0.3 is 15.4 Å². The first kappa shape index (κ1) is 19.0. The van der Waals surface area contributed by atoms with Gasteiger partial charge >= 0.3 is 0 Å². The SMILES string of the molecule is COCCNCCNS(=O)(=O)c1ccc(CCNC(C)=O)s1. The highest BCUT2D eigenvalue weighted by atomic mass is 32.2. The van der Waals surface area contributed by atoms with Crippen LogP contribution in [-0.2, 0) is 26.0 Å². The molecule has 0 saturated carbocycles. The third kappa shape index (κ3) is 7.32. The van der Waals surface area contributed by atoms with Gasteiger partial charge in [-0.15, -0.1) is 11.3 Å². The third-order valence-corrected chi connectivity index (χ3v) is 5.82. The number of hydrogen-bond acceptors (Lipinski definition) is 6. The number of thiophene rings is 1. The Labute approximate surface area is 135 Å². The molecule has 0 aliphatic rings. The highest BCUT2D eigenvalue weighted by Gasteiger charge is 2.15. The summed E-state index contributed by atoms with van der Waals surface area (Å²) >= 11 is 1.22. The van der Waals surface area contributed by atoms with Crippen LogP contribution in [0.3, 0.4) is 0 Å². The van der Waals surface area contributed by atoms with Crippen LogP contribution in [0.5, 0.6) is 0 Å². The van der Waals surface area contributed by atoms with E-state index in [1.807, 2.05) is 0 Å². The zero-order chi connectivity index (χ0) is 16.4. The molecule has 1 heterocycles. The van der Waals surface area contributed by atoms with Crippen LogP contribution in [0.4, 0.5) is 0 Å². The number of carbonyl (C=O) groups excluding carboxylic acids is 1. The van der Waals surface area contributed by atoms with Gasteiger partial charge in [-0.05, 0) is 18.6 Å². The number of amides is 1. The van der Waals surface area contributed by atoms with Crippen molar-refractivity contribution in [3.05, 3.63) is 17.0 Å². The van der Waals surface area contributed by atoms with Crippen LogP contribution < -0.4 is 15.4 Å². The molecule has 0 atom stereocenters. The molecule has 126 valence electrons. The quantitative estimate of drug-likeness (QED) is 0.487. The van der Waals surface area contributed by atoms with E-state index in [4.69, 9.17) is 4.74 Å². The van der Waals surface area contributed by atoms with Gasteiger partial charge in [-0.1, -0.05) is 0 Å². The minimum atomic E-state index is -3.46. The first-order valence-electron chi connectivity index (χ1n) is 6.98. The summed E-state index contributed by atoms with van der Waals surface area (Å²) in [5.74, 6) is -0.0907. The number of hydrogen-bond donors (Lipinski definition) is 3. The Morgan fingerprint density at radius 1 is 1.23 bits per heavy atom. The van der Waals surface area contributed by atoms with Crippen molar-refractivity contribution >= 4 is 27.3 Å². The Morgan fingerprint density at radius 2 is 2.00 bits per heavy atom. The Hall–Kier alpha value is -1.00. The van der Waals surface area contributed by atoms with Crippen molar-refractivity contribution in [2.45, 2.75) is 17.6 Å². The number of carbonyl (C=O) groups is 1. The highest BCUT2D eigenvalue weighted by Crippen LogP contribution is 2.21. The number of sulfonamides is 1. The van der Waals surface area contributed by atoms with Crippen molar-refractivity contribution in [1.29, 1.82) is 0 Å². The van der Waals surface area contributed by atoms with Crippen LogP contribution in [0.15, 0.2) is 16.3 Å². The van der Waals surface area contributed by atoms with Crippen molar-refractivity contribution < 1.29 is 17.9 Å². The lowest BCUT2D eigenvalue weighted by atomic mass is 10.3. The van der Waals surface area contributed by atoms with Gasteiger partial charge in [-0.25, -0.2) is 13.1 Å². The standard InChI is InChI=1S/C13H23N3O4S2/c1-11(17)15-6-5-12-3-4-13(21-12)22(18,19)16-8-7-14-9-10-20-2/h3-4,14,16H,5-10H2,1-2H3,(H,15,17). The molecule has 1 amide bonds. The van der Waals surface area contributed by atoms with Crippen LogP contribution in [0, 0.1) is 0 Å².